The first-order valence-electron chi connectivity index (χ1n) is 5.71. The molecule has 0 heterocycles. The van der Waals surface area contributed by atoms with Crippen LogP contribution in [-0.4, -0.2) is 21.7 Å². The van der Waals surface area contributed by atoms with Crippen LogP contribution in [0, 0.1) is 13.7 Å². The molecule has 0 unspecified atom stereocenters. The van der Waals surface area contributed by atoms with E-state index in [9.17, 15) is 20.0 Å². The summed E-state index contributed by atoms with van der Waals surface area (Å²) in [6, 6.07) is 2.66. The molecular formula is C12H15IN2O5. The minimum Gasteiger partial charge on any atom is -0.444 e. The van der Waals surface area contributed by atoms with Gasteiger partial charge < -0.3 is 9.84 Å². The van der Waals surface area contributed by atoms with Crippen molar-refractivity contribution in [2.24, 2.45) is 0 Å². The molecule has 0 bridgehead atoms. The van der Waals surface area contributed by atoms with Crippen molar-refractivity contribution in [2.75, 3.05) is 5.32 Å². The SMILES string of the molecule is CC(C)(C)OC(=O)Nc1cc(CO)c(I)cc1[N+](=O)[O-]. The number of ether oxygens (including phenoxy) is 1. The van der Waals surface area contributed by atoms with Gasteiger partial charge in [-0.2, -0.15) is 0 Å². The number of benzene rings is 1. The van der Waals surface area contributed by atoms with Gasteiger partial charge in [-0.05, 0) is 55.0 Å². The van der Waals surface area contributed by atoms with Crippen molar-refractivity contribution >= 4 is 40.1 Å². The van der Waals surface area contributed by atoms with Crippen LogP contribution in [0.2, 0.25) is 0 Å². The topological polar surface area (TPSA) is 102 Å². The fourth-order valence-corrected chi connectivity index (χ4v) is 2.01. The number of anilines is 1. The molecule has 0 fully saturated rings. The van der Waals surface area contributed by atoms with Crippen LogP contribution in [0.25, 0.3) is 0 Å². The van der Waals surface area contributed by atoms with Crippen molar-refractivity contribution in [3.8, 4) is 0 Å². The van der Waals surface area contributed by atoms with Gasteiger partial charge in [0.2, 0.25) is 0 Å². The average Bonchev–Trinajstić information content (AvgIpc) is 2.28. The first kappa shape index (κ1) is 16.6. The van der Waals surface area contributed by atoms with Crippen LogP contribution in [0.4, 0.5) is 16.2 Å². The number of carbonyl (C=O) groups excluding carboxylic acids is 1. The van der Waals surface area contributed by atoms with E-state index in [1.54, 1.807) is 20.8 Å². The van der Waals surface area contributed by atoms with Crippen molar-refractivity contribution in [3.63, 3.8) is 0 Å². The second-order valence-corrected chi connectivity index (χ2v) is 6.17. The molecule has 0 aliphatic rings. The third kappa shape index (κ3) is 4.60. The summed E-state index contributed by atoms with van der Waals surface area (Å²) in [5.74, 6) is 0. The Kier molecular flexibility index (Phi) is 5.28. The highest BCUT2D eigenvalue weighted by Crippen LogP contribution is 2.30. The van der Waals surface area contributed by atoms with E-state index in [4.69, 9.17) is 4.74 Å². The minimum absolute atomic E-state index is 0.00582. The highest BCUT2D eigenvalue weighted by Gasteiger charge is 2.22. The molecule has 0 aliphatic heterocycles. The lowest BCUT2D eigenvalue weighted by molar-refractivity contribution is -0.384. The quantitative estimate of drug-likeness (QED) is 0.466. The first-order valence-corrected chi connectivity index (χ1v) is 6.79. The number of aliphatic hydroxyl groups excluding tert-OH is 1. The van der Waals surface area contributed by atoms with Gasteiger partial charge in [0.1, 0.15) is 11.3 Å². The summed E-state index contributed by atoms with van der Waals surface area (Å²) in [6.45, 7) is 4.79. The molecule has 0 spiro atoms. The Morgan fingerprint density at radius 2 is 2.10 bits per heavy atom. The van der Waals surface area contributed by atoms with Crippen molar-refractivity contribution < 1.29 is 19.6 Å². The molecule has 110 valence electrons. The van der Waals surface area contributed by atoms with Crippen LogP contribution >= 0.6 is 22.6 Å². The number of nitrogens with one attached hydrogen (secondary N) is 1. The van der Waals surface area contributed by atoms with E-state index in [-0.39, 0.29) is 18.0 Å². The van der Waals surface area contributed by atoms with Gasteiger partial charge in [-0.15, -0.1) is 0 Å². The van der Waals surface area contributed by atoms with E-state index in [0.29, 0.717) is 9.13 Å². The number of nitrogens with zero attached hydrogens (tertiary/aromatic N) is 1. The zero-order valence-corrected chi connectivity index (χ0v) is 13.4. The van der Waals surface area contributed by atoms with Crippen LogP contribution in [0.1, 0.15) is 26.3 Å². The average molecular weight is 394 g/mol. The largest absolute Gasteiger partial charge is 0.444 e. The molecule has 8 heteroatoms. The fraction of sp³-hybridized carbons (Fsp3) is 0.417. The summed E-state index contributed by atoms with van der Waals surface area (Å²) in [4.78, 5) is 22.1. The fourth-order valence-electron chi connectivity index (χ4n) is 1.39. The van der Waals surface area contributed by atoms with Crippen molar-refractivity contribution in [2.45, 2.75) is 33.0 Å². The molecule has 1 amide bonds. The lowest BCUT2D eigenvalue weighted by Gasteiger charge is -2.19. The summed E-state index contributed by atoms with van der Waals surface area (Å²) < 4.78 is 5.59. The lowest BCUT2D eigenvalue weighted by atomic mass is 10.2. The Morgan fingerprint density at radius 1 is 1.50 bits per heavy atom. The van der Waals surface area contributed by atoms with Gasteiger partial charge in [-0.3, -0.25) is 15.4 Å². The van der Waals surface area contributed by atoms with Crippen molar-refractivity contribution in [3.05, 3.63) is 31.4 Å². The van der Waals surface area contributed by atoms with Gasteiger partial charge in [0.25, 0.3) is 5.69 Å². The Bertz CT molecular complexity index is 539. The third-order valence-electron chi connectivity index (χ3n) is 2.17. The molecule has 1 aromatic carbocycles. The summed E-state index contributed by atoms with van der Waals surface area (Å²) in [5.41, 5.74) is -0.476. The van der Waals surface area contributed by atoms with Crippen LogP contribution in [0.5, 0.6) is 0 Å². The number of aliphatic hydroxyl groups is 1. The molecule has 1 aromatic rings. The number of amides is 1. The van der Waals surface area contributed by atoms with Crippen LogP contribution in [0.3, 0.4) is 0 Å². The van der Waals surface area contributed by atoms with Gasteiger partial charge in [-0.1, -0.05) is 0 Å². The number of hydrogen-bond donors (Lipinski definition) is 2. The molecule has 0 radical (unpaired) electrons. The monoisotopic (exact) mass is 394 g/mol. The maximum atomic E-state index is 11.7. The number of nitro benzene ring substituents is 1. The number of rotatable bonds is 3. The molecule has 0 aromatic heterocycles. The molecule has 0 atom stereocenters. The van der Waals surface area contributed by atoms with E-state index in [2.05, 4.69) is 5.32 Å². The summed E-state index contributed by atoms with van der Waals surface area (Å²) in [7, 11) is 0. The lowest BCUT2D eigenvalue weighted by Crippen LogP contribution is -2.27. The van der Waals surface area contributed by atoms with Crippen molar-refractivity contribution in [1.29, 1.82) is 0 Å². The summed E-state index contributed by atoms with van der Waals surface area (Å²) in [5, 5.41) is 22.5. The molecule has 0 aliphatic carbocycles. The van der Waals surface area contributed by atoms with Gasteiger partial charge in [-0.25, -0.2) is 4.79 Å². The highest BCUT2D eigenvalue weighted by atomic mass is 127. The van der Waals surface area contributed by atoms with Crippen molar-refractivity contribution in [1.82, 2.24) is 0 Å². The molecule has 2 N–H and O–H groups in total. The molecule has 7 nitrogen and oxygen atoms in total. The van der Waals surface area contributed by atoms with E-state index >= 15 is 0 Å². The molecular weight excluding hydrogens is 379 g/mol. The second-order valence-electron chi connectivity index (χ2n) is 5.00. The summed E-state index contributed by atoms with van der Waals surface area (Å²) >= 11 is 1.88. The Morgan fingerprint density at radius 3 is 2.55 bits per heavy atom. The maximum absolute atomic E-state index is 11.7. The zero-order chi connectivity index (χ0) is 15.5. The van der Waals surface area contributed by atoms with Crippen LogP contribution < -0.4 is 5.32 Å². The number of nitro groups is 1. The normalized spacial score (nSPS) is 11.1. The summed E-state index contributed by atoms with van der Waals surface area (Å²) in [6.07, 6.45) is -0.786. The third-order valence-corrected chi connectivity index (χ3v) is 3.17. The first-order chi connectivity index (χ1) is 9.14. The van der Waals surface area contributed by atoms with E-state index in [1.165, 1.54) is 12.1 Å². The number of halogens is 1. The Balaban J connectivity index is 3.09. The standard InChI is InChI=1S/C12H15IN2O5/c1-12(2,3)20-11(17)14-9-4-7(6-16)8(13)5-10(9)15(18)19/h4-5,16H,6H2,1-3H3,(H,14,17). The van der Waals surface area contributed by atoms with Crippen LogP contribution in [0.15, 0.2) is 12.1 Å². The molecule has 0 saturated carbocycles. The van der Waals surface area contributed by atoms with E-state index < -0.39 is 16.6 Å². The smallest absolute Gasteiger partial charge is 0.412 e. The van der Waals surface area contributed by atoms with Gasteiger partial charge in [0.05, 0.1) is 11.5 Å². The van der Waals surface area contributed by atoms with Gasteiger partial charge in [0, 0.05) is 9.64 Å². The highest BCUT2D eigenvalue weighted by molar-refractivity contribution is 14.1. The molecule has 0 saturated heterocycles. The predicted molar refractivity (Wildman–Crippen MR) is 81.6 cm³/mol. The zero-order valence-electron chi connectivity index (χ0n) is 11.3. The Labute approximate surface area is 129 Å². The van der Waals surface area contributed by atoms with E-state index in [0.717, 1.165) is 0 Å². The number of hydrogen-bond acceptors (Lipinski definition) is 5. The Hall–Kier alpha value is -1.42. The maximum Gasteiger partial charge on any atom is 0.412 e. The molecule has 1 rings (SSSR count). The van der Waals surface area contributed by atoms with Crippen LogP contribution in [-0.2, 0) is 11.3 Å². The minimum atomic E-state index is -0.786. The van der Waals surface area contributed by atoms with E-state index in [1.807, 2.05) is 22.6 Å². The molecule has 20 heavy (non-hydrogen) atoms. The van der Waals surface area contributed by atoms with Gasteiger partial charge in [0.15, 0.2) is 0 Å². The number of carbonyl (C=O) groups is 1. The predicted octanol–water partition coefficient (Wildman–Crippen LogP) is 3.04. The van der Waals surface area contributed by atoms with Gasteiger partial charge >= 0.3 is 6.09 Å². The second kappa shape index (κ2) is 6.35.